The molecule has 1 aromatic rings. The van der Waals surface area contributed by atoms with Crippen molar-refractivity contribution in [3.05, 3.63) is 23.8 Å². The van der Waals surface area contributed by atoms with Gasteiger partial charge in [0, 0.05) is 6.04 Å². The van der Waals surface area contributed by atoms with Crippen molar-refractivity contribution >= 4 is 0 Å². The van der Waals surface area contributed by atoms with Crippen LogP contribution in [0, 0.1) is 11.3 Å². The molecule has 0 aromatic heterocycles. The van der Waals surface area contributed by atoms with Crippen molar-refractivity contribution in [1.82, 2.24) is 5.32 Å². The van der Waals surface area contributed by atoms with Crippen LogP contribution in [-0.2, 0) is 0 Å². The topological polar surface area (TPSA) is 54.3 Å². The summed E-state index contributed by atoms with van der Waals surface area (Å²) in [6.07, 6.45) is 0. The van der Waals surface area contributed by atoms with E-state index in [2.05, 4.69) is 11.4 Å². The fourth-order valence-electron chi connectivity index (χ4n) is 1.78. The minimum atomic E-state index is -0.314. The standard InChI is InChI=1S/C13H16N2O2/c1-9(2)15-11(8-14)10-3-4-12-13(7-10)17-6-5-16-12/h3-4,7,9,11,15H,5-6H2,1-2H3. The number of hydrogen-bond acceptors (Lipinski definition) is 4. The third-order valence-electron chi connectivity index (χ3n) is 2.53. The van der Waals surface area contributed by atoms with E-state index in [9.17, 15) is 0 Å². The minimum absolute atomic E-state index is 0.257. The van der Waals surface area contributed by atoms with Crippen LogP contribution in [0.15, 0.2) is 18.2 Å². The molecular weight excluding hydrogens is 216 g/mol. The molecule has 0 spiro atoms. The highest BCUT2D eigenvalue weighted by Crippen LogP contribution is 2.32. The molecule has 0 saturated carbocycles. The predicted molar refractivity (Wildman–Crippen MR) is 64.1 cm³/mol. The average molecular weight is 232 g/mol. The number of benzene rings is 1. The maximum absolute atomic E-state index is 9.15. The second-order valence-corrected chi connectivity index (χ2v) is 4.29. The van der Waals surface area contributed by atoms with Gasteiger partial charge >= 0.3 is 0 Å². The molecule has 17 heavy (non-hydrogen) atoms. The molecule has 90 valence electrons. The highest BCUT2D eigenvalue weighted by atomic mass is 16.6. The molecule has 4 nitrogen and oxygen atoms in total. The fraction of sp³-hybridized carbons (Fsp3) is 0.462. The zero-order valence-corrected chi connectivity index (χ0v) is 10.1. The van der Waals surface area contributed by atoms with Gasteiger partial charge in [-0.1, -0.05) is 6.07 Å². The van der Waals surface area contributed by atoms with Crippen molar-refractivity contribution in [1.29, 1.82) is 5.26 Å². The van der Waals surface area contributed by atoms with E-state index in [0.717, 1.165) is 17.1 Å². The van der Waals surface area contributed by atoms with Crippen molar-refractivity contribution in [3.63, 3.8) is 0 Å². The van der Waals surface area contributed by atoms with E-state index >= 15 is 0 Å². The summed E-state index contributed by atoms with van der Waals surface area (Å²) in [5, 5.41) is 12.3. The third kappa shape index (κ3) is 2.69. The number of rotatable bonds is 3. The number of fused-ring (bicyclic) bond motifs is 1. The Balaban J connectivity index is 2.23. The Hall–Kier alpha value is -1.73. The van der Waals surface area contributed by atoms with Crippen molar-refractivity contribution < 1.29 is 9.47 Å². The number of hydrogen-bond donors (Lipinski definition) is 1. The summed E-state index contributed by atoms with van der Waals surface area (Å²) in [7, 11) is 0. The first-order valence-electron chi connectivity index (χ1n) is 5.76. The number of nitrogens with one attached hydrogen (secondary N) is 1. The Morgan fingerprint density at radius 2 is 1.94 bits per heavy atom. The van der Waals surface area contributed by atoms with Gasteiger partial charge in [0.05, 0.1) is 6.07 Å². The number of nitrogens with zero attached hydrogens (tertiary/aromatic N) is 1. The first-order chi connectivity index (χ1) is 8.20. The Kier molecular flexibility index (Phi) is 3.50. The molecule has 0 amide bonds. The van der Waals surface area contributed by atoms with Gasteiger partial charge in [0.15, 0.2) is 11.5 Å². The van der Waals surface area contributed by atoms with Gasteiger partial charge in [0.1, 0.15) is 19.3 Å². The maximum Gasteiger partial charge on any atom is 0.161 e. The quantitative estimate of drug-likeness (QED) is 0.866. The lowest BCUT2D eigenvalue weighted by molar-refractivity contribution is 0.171. The molecule has 1 unspecified atom stereocenters. The number of ether oxygens (including phenoxy) is 2. The van der Waals surface area contributed by atoms with Crippen molar-refractivity contribution in [2.24, 2.45) is 0 Å². The largest absolute Gasteiger partial charge is 0.486 e. The van der Waals surface area contributed by atoms with Crippen molar-refractivity contribution in [3.8, 4) is 17.6 Å². The van der Waals surface area contributed by atoms with E-state index in [4.69, 9.17) is 14.7 Å². The monoisotopic (exact) mass is 232 g/mol. The smallest absolute Gasteiger partial charge is 0.161 e. The Morgan fingerprint density at radius 1 is 1.24 bits per heavy atom. The van der Waals surface area contributed by atoms with E-state index < -0.39 is 0 Å². The van der Waals surface area contributed by atoms with Crippen LogP contribution in [0.4, 0.5) is 0 Å². The molecule has 0 radical (unpaired) electrons. The summed E-state index contributed by atoms with van der Waals surface area (Å²) in [5.74, 6) is 1.47. The summed E-state index contributed by atoms with van der Waals surface area (Å²) >= 11 is 0. The molecule has 2 rings (SSSR count). The molecule has 1 N–H and O–H groups in total. The molecule has 0 aliphatic carbocycles. The summed E-state index contributed by atoms with van der Waals surface area (Å²) in [5.41, 5.74) is 0.908. The van der Waals surface area contributed by atoms with Gasteiger partial charge in [-0.25, -0.2) is 0 Å². The molecule has 0 saturated heterocycles. The van der Waals surface area contributed by atoms with E-state index in [1.165, 1.54) is 0 Å². The maximum atomic E-state index is 9.15. The minimum Gasteiger partial charge on any atom is -0.486 e. The molecule has 0 bridgehead atoms. The highest BCUT2D eigenvalue weighted by Gasteiger charge is 2.16. The second-order valence-electron chi connectivity index (χ2n) is 4.29. The van der Waals surface area contributed by atoms with Gasteiger partial charge in [0.25, 0.3) is 0 Å². The molecular formula is C13H16N2O2. The number of nitriles is 1. The second kappa shape index (κ2) is 5.07. The molecule has 1 heterocycles. The van der Waals surface area contributed by atoms with Crippen LogP contribution in [0.5, 0.6) is 11.5 Å². The molecule has 1 aromatic carbocycles. The molecule has 4 heteroatoms. The zero-order valence-electron chi connectivity index (χ0n) is 10.1. The van der Waals surface area contributed by atoms with Crippen LogP contribution in [-0.4, -0.2) is 19.3 Å². The van der Waals surface area contributed by atoms with E-state index in [-0.39, 0.29) is 12.1 Å². The highest BCUT2D eigenvalue weighted by molar-refractivity contribution is 5.45. The van der Waals surface area contributed by atoms with Crippen LogP contribution >= 0.6 is 0 Å². The van der Waals surface area contributed by atoms with Gasteiger partial charge in [-0.3, -0.25) is 5.32 Å². The summed E-state index contributed by atoms with van der Waals surface area (Å²) in [4.78, 5) is 0. The molecule has 1 aliphatic rings. The van der Waals surface area contributed by atoms with Crippen LogP contribution < -0.4 is 14.8 Å². The first-order valence-corrected chi connectivity index (χ1v) is 5.76. The lowest BCUT2D eigenvalue weighted by Gasteiger charge is -2.21. The molecule has 1 atom stereocenters. The van der Waals surface area contributed by atoms with Gasteiger partial charge in [-0.2, -0.15) is 5.26 Å². The van der Waals surface area contributed by atoms with Gasteiger partial charge < -0.3 is 9.47 Å². The van der Waals surface area contributed by atoms with Crippen molar-refractivity contribution in [2.75, 3.05) is 13.2 Å². The van der Waals surface area contributed by atoms with Crippen LogP contribution in [0.1, 0.15) is 25.5 Å². The average Bonchev–Trinajstić information content (AvgIpc) is 2.35. The Labute approximate surface area is 101 Å². The lowest BCUT2D eigenvalue weighted by Crippen LogP contribution is -2.27. The van der Waals surface area contributed by atoms with E-state index in [0.29, 0.717) is 13.2 Å². The third-order valence-corrected chi connectivity index (χ3v) is 2.53. The Morgan fingerprint density at radius 3 is 2.59 bits per heavy atom. The Bertz CT molecular complexity index is 438. The first kappa shape index (κ1) is 11.7. The van der Waals surface area contributed by atoms with Crippen LogP contribution in [0.2, 0.25) is 0 Å². The van der Waals surface area contributed by atoms with Gasteiger partial charge in [-0.05, 0) is 31.5 Å². The van der Waals surface area contributed by atoms with E-state index in [1.54, 1.807) is 0 Å². The van der Waals surface area contributed by atoms with Gasteiger partial charge in [-0.15, -0.1) is 0 Å². The van der Waals surface area contributed by atoms with Crippen LogP contribution in [0.25, 0.3) is 0 Å². The van der Waals surface area contributed by atoms with Gasteiger partial charge in [0.2, 0.25) is 0 Å². The predicted octanol–water partition coefficient (Wildman–Crippen LogP) is 2.02. The summed E-state index contributed by atoms with van der Waals surface area (Å²) in [6.45, 7) is 5.17. The summed E-state index contributed by atoms with van der Waals surface area (Å²) < 4.78 is 10.9. The van der Waals surface area contributed by atoms with Crippen LogP contribution in [0.3, 0.4) is 0 Å². The lowest BCUT2D eigenvalue weighted by atomic mass is 10.1. The molecule has 0 fully saturated rings. The molecule has 1 aliphatic heterocycles. The SMILES string of the molecule is CC(C)NC(C#N)c1ccc2c(c1)OCCO2. The summed E-state index contributed by atoms with van der Waals surface area (Å²) in [6, 6.07) is 7.82. The fourth-order valence-corrected chi connectivity index (χ4v) is 1.78. The van der Waals surface area contributed by atoms with E-state index in [1.807, 2.05) is 32.0 Å². The zero-order chi connectivity index (χ0) is 12.3. The normalized spacial score (nSPS) is 15.4. The van der Waals surface area contributed by atoms with Crippen molar-refractivity contribution in [2.45, 2.75) is 25.9 Å².